The molecule has 0 spiro atoms. The number of carbonyl (C=O) groups excluding carboxylic acids is 2. The molecule has 1 atom stereocenters. The molecule has 142 valence electrons. The van der Waals surface area contributed by atoms with Crippen molar-refractivity contribution >= 4 is 23.0 Å². The lowest BCUT2D eigenvalue weighted by molar-refractivity contribution is -0.857. The van der Waals surface area contributed by atoms with Gasteiger partial charge in [-0.2, -0.15) is 0 Å². The second-order valence-electron chi connectivity index (χ2n) is 6.70. The molecule has 1 aromatic heterocycles. The van der Waals surface area contributed by atoms with E-state index in [2.05, 4.69) is 0 Å². The van der Waals surface area contributed by atoms with Crippen LogP contribution in [-0.4, -0.2) is 56.0 Å². The third-order valence-electron chi connectivity index (χ3n) is 4.56. The molecule has 0 unspecified atom stereocenters. The molecule has 2 heterocycles. The Labute approximate surface area is 162 Å². The van der Waals surface area contributed by atoms with Crippen LogP contribution in [0.1, 0.15) is 21.3 Å². The average molecular weight is 387 g/mol. The number of aliphatic hydroxyl groups is 1. The fourth-order valence-corrected chi connectivity index (χ4v) is 3.84. The van der Waals surface area contributed by atoms with Crippen LogP contribution in [0.2, 0.25) is 0 Å². The zero-order chi connectivity index (χ0) is 19.6. The average Bonchev–Trinajstić information content (AvgIpc) is 3.28. The number of quaternary nitrogens is 1. The molecule has 0 bridgehead atoms. The first-order chi connectivity index (χ1) is 12.9. The van der Waals surface area contributed by atoms with Crippen LogP contribution in [0.5, 0.6) is 5.75 Å². The Morgan fingerprint density at radius 3 is 2.70 bits per heavy atom. The molecule has 0 radical (unpaired) electrons. The number of aliphatic hydroxyl groups excluding tert-OH is 1. The summed E-state index contributed by atoms with van der Waals surface area (Å²) in [5, 5.41) is 12.4. The minimum atomic E-state index is -0.637. The number of rotatable bonds is 7. The van der Waals surface area contributed by atoms with E-state index in [1.165, 1.54) is 16.2 Å². The molecule has 1 amide bonds. The van der Waals surface area contributed by atoms with Crippen LogP contribution in [0.3, 0.4) is 0 Å². The summed E-state index contributed by atoms with van der Waals surface area (Å²) in [6.07, 6.45) is 0. The molecule has 6 nitrogen and oxygen atoms in total. The van der Waals surface area contributed by atoms with Gasteiger partial charge < -0.3 is 19.6 Å². The second-order valence-corrected chi connectivity index (χ2v) is 7.65. The van der Waals surface area contributed by atoms with Crippen LogP contribution in [-0.2, 0) is 4.79 Å². The summed E-state index contributed by atoms with van der Waals surface area (Å²) >= 11 is 1.29. The largest absolute Gasteiger partial charge is 0.503 e. The number of hydrogen-bond acceptors (Lipinski definition) is 5. The Kier molecular flexibility index (Phi) is 5.62. The molecule has 1 aromatic carbocycles. The Bertz CT molecular complexity index is 874. The first kappa shape index (κ1) is 19.1. The molecule has 2 N–H and O–H groups in total. The van der Waals surface area contributed by atoms with Gasteiger partial charge in [-0.3, -0.25) is 9.59 Å². The van der Waals surface area contributed by atoms with E-state index >= 15 is 0 Å². The number of methoxy groups -OCH3 is 1. The molecule has 0 saturated heterocycles. The SMILES string of the molecule is COc1cccc([C@H]2C(C(=O)c3cccs3)=C(O)C(=O)N2CC[NH+](C)C)c1. The van der Waals surface area contributed by atoms with Gasteiger partial charge in [0.1, 0.15) is 5.75 Å². The van der Waals surface area contributed by atoms with Gasteiger partial charge in [-0.15, -0.1) is 11.3 Å². The summed E-state index contributed by atoms with van der Waals surface area (Å²) in [5.74, 6) is -0.658. The second kappa shape index (κ2) is 7.94. The number of ether oxygens (including phenoxy) is 1. The summed E-state index contributed by atoms with van der Waals surface area (Å²) in [5.41, 5.74) is 0.866. The number of nitrogens with one attached hydrogen (secondary N) is 1. The molecule has 3 rings (SSSR count). The fraction of sp³-hybridized carbons (Fsp3) is 0.300. The van der Waals surface area contributed by atoms with Crippen molar-refractivity contribution in [1.82, 2.24) is 4.90 Å². The highest BCUT2D eigenvalue weighted by atomic mass is 32.1. The van der Waals surface area contributed by atoms with Gasteiger partial charge in [0.25, 0.3) is 5.91 Å². The number of nitrogens with zero attached hydrogens (tertiary/aromatic N) is 1. The van der Waals surface area contributed by atoms with E-state index in [9.17, 15) is 14.7 Å². The van der Waals surface area contributed by atoms with Crippen molar-refractivity contribution < 1.29 is 24.3 Å². The van der Waals surface area contributed by atoms with Crippen molar-refractivity contribution in [3.05, 3.63) is 63.6 Å². The third-order valence-corrected chi connectivity index (χ3v) is 5.42. The normalized spacial score (nSPS) is 17.1. The van der Waals surface area contributed by atoms with Crippen LogP contribution < -0.4 is 9.64 Å². The fourth-order valence-electron chi connectivity index (χ4n) is 3.16. The van der Waals surface area contributed by atoms with Gasteiger partial charge in [0.2, 0.25) is 5.78 Å². The maximum atomic E-state index is 13.1. The Morgan fingerprint density at radius 2 is 2.07 bits per heavy atom. The predicted octanol–water partition coefficient (Wildman–Crippen LogP) is 1.48. The smallest absolute Gasteiger partial charge is 0.290 e. The number of benzene rings is 1. The molecule has 27 heavy (non-hydrogen) atoms. The van der Waals surface area contributed by atoms with Crippen molar-refractivity contribution in [2.24, 2.45) is 0 Å². The van der Waals surface area contributed by atoms with E-state index in [0.29, 0.717) is 23.7 Å². The third kappa shape index (κ3) is 3.74. The molecule has 0 aliphatic carbocycles. The highest BCUT2D eigenvalue weighted by Gasteiger charge is 2.44. The lowest BCUT2D eigenvalue weighted by Crippen LogP contribution is -3.06. The van der Waals surface area contributed by atoms with Crippen molar-refractivity contribution in [2.75, 3.05) is 34.3 Å². The van der Waals surface area contributed by atoms with Crippen molar-refractivity contribution in [1.29, 1.82) is 0 Å². The van der Waals surface area contributed by atoms with Gasteiger partial charge in [0.05, 0.1) is 50.8 Å². The molecular formula is C20H23N2O4S+. The van der Waals surface area contributed by atoms with Crippen LogP contribution in [0, 0.1) is 0 Å². The van der Waals surface area contributed by atoms with E-state index in [0.717, 1.165) is 5.56 Å². The topological polar surface area (TPSA) is 71.3 Å². The highest BCUT2D eigenvalue weighted by molar-refractivity contribution is 7.12. The van der Waals surface area contributed by atoms with Gasteiger partial charge in [-0.25, -0.2) is 0 Å². The summed E-state index contributed by atoms with van der Waals surface area (Å²) in [4.78, 5) is 29.1. The maximum absolute atomic E-state index is 13.1. The van der Waals surface area contributed by atoms with Gasteiger partial charge >= 0.3 is 0 Å². The van der Waals surface area contributed by atoms with Crippen LogP contribution in [0.25, 0.3) is 0 Å². The van der Waals surface area contributed by atoms with Crippen molar-refractivity contribution in [3.8, 4) is 5.75 Å². The lowest BCUT2D eigenvalue weighted by Gasteiger charge is -2.27. The van der Waals surface area contributed by atoms with E-state index in [4.69, 9.17) is 4.74 Å². The number of hydrogen-bond donors (Lipinski definition) is 2. The van der Waals surface area contributed by atoms with E-state index in [1.54, 1.807) is 41.7 Å². The monoisotopic (exact) mass is 387 g/mol. The predicted molar refractivity (Wildman–Crippen MR) is 103 cm³/mol. The molecule has 2 aromatic rings. The van der Waals surface area contributed by atoms with Gasteiger partial charge in [0, 0.05) is 0 Å². The van der Waals surface area contributed by atoms with Crippen molar-refractivity contribution in [2.45, 2.75) is 6.04 Å². The minimum Gasteiger partial charge on any atom is -0.503 e. The summed E-state index contributed by atoms with van der Waals surface area (Å²) < 4.78 is 5.30. The standard InChI is InChI=1S/C20H22N2O4S/c1-21(2)9-10-22-17(13-6-4-7-14(12-13)26-3)16(19(24)20(22)25)18(23)15-8-5-11-27-15/h4-8,11-12,17,24H,9-10H2,1-3H3/p+1/t17-/m0/s1. The van der Waals surface area contributed by atoms with Crippen LogP contribution in [0.4, 0.5) is 0 Å². The summed E-state index contributed by atoms with van der Waals surface area (Å²) in [6, 6.07) is 10.1. The summed E-state index contributed by atoms with van der Waals surface area (Å²) in [7, 11) is 5.55. The first-order valence-electron chi connectivity index (χ1n) is 8.69. The number of likely N-dealkylation sites (N-methyl/N-ethyl adjacent to an activating group) is 1. The van der Waals surface area contributed by atoms with Gasteiger partial charge in [0.15, 0.2) is 5.76 Å². The summed E-state index contributed by atoms with van der Waals surface area (Å²) in [6.45, 7) is 1.12. The Balaban J connectivity index is 2.07. The first-order valence-corrected chi connectivity index (χ1v) is 9.57. The van der Waals surface area contributed by atoms with E-state index < -0.39 is 17.7 Å². The molecule has 0 saturated carbocycles. The van der Waals surface area contributed by atoms with Crippen molar-refractivity contribution in [3.63, 3.8) is 0 Å². The molecule has 1 aliphatic heterocycles. The van der Waals surface area contributed by atoms with Crippen LogP contribution in [0.15, 0.2) is 53.1 Å². The molecular weight excluding hydrogens is 364 g/mol. The Morgan fingerprint density at radius 1 is 1.30 bits per heavy atom. The Hall–Kier alpha value is -2.64. The quantitative estimate of drug-likeness (QED) is 0.706. The zero-order valence-electron chi connectivity index (χ0n) is 15.6. The number of thiophene rings is 1. The highest BCUT2D eigenvalue weighted by Crippen LogP contribution is 2.40. The maximum Gasteiger partial charge on any atom is 0.290 e. The number of Topliss-reactive ketones (excluding diaryl/α,β-unsaturated/α-hetero) is 1. The zero-order valence-corrected chi connectivity index (χ0v) is 16.4. The lowest BCUT2D eigenvalue weighted by atomic mass is 9.95. The minimum absolute atomic E-state index is 0.129. The van der Waals surface area contributed by atoms with Gasteiger partial charge in [-0.1, -0.05) is 18.2 Å². The molecule has 1 aliphatic rings. The van der Waals surface area contributed by atoms with E-state index in [1.807, 2.05) is 26.2 Å². The number of carbonyl (C=O) groups is 2. The van der Waals surface area contributed by atoms with Gasteiger partial charge in [-0.05, 0) is 29.1 Å². The molecule has 7 heteroatoms. The molecule has 0 fully saturated rings. The van der Waals surface area contributed by atoms with Crippen LogP contribution >= 0.6 is 11.3 Å². The van der Waals surface area contributed by atoms with E-state index in [-0.39, 0.29) is 11.4 Å². The number of ketones is 1. The number of amides is 1.